The maximum Gasteiger partial charge on any atom is 0.266 e. The summed E-state index contributed by atoms with van der Waals surface area (Å²) in [6.45, 7) is 0. The zero-order valence-electron chi connectivity index (χ0n) is 10.2. The first-order valence-corrected chi connectivity index (χ1v) is 7.67. The Morgan fingerprint density at radius 2 is 1.86 bits per heavy atom. The first-order chi connectivity index (χ1) is 9.90. The Labute approximate surface area is 130 Å². The van der Waals surface area contributed by atoms with Crippen LogP contribution in [0.25, 0.3) is 0 Å². The van der Waals surface area contributed by atoms with Crippen LogP contribution in [0.3, 0.4) is 0 Å². The van der Waals surface area contributed by atoms with Crippen molar-refractivity contribution in [2.45, 2.75) is 4.90 Å². The van der Waals surface area contributed by atoms with Crippen LogP contribution in [0.1, 0.15) is 10.4 Å². The number of amides is 1. The SMILES string of the molecule is O=C(NNS(=O)(=O)c1cnc(Cl)c(Cl)c1)c1ccncc1. The second-order valence-electron chi connectivity index (χ2n) is 3.74. The molecule has 0 aromatic carbocycles. The molecular weight excluding hydrogens is 339 g/mol. The zero-order valence-corrected chi connectivity index (χ0v) is 12.6. The quantitative estimate of drug-likeness (QED) is 0.643. The van der Waals surface area contributed by atoms with E-state index in [0.717, 1.165) is 12.3 Å². The maximum absolute atomic E-state index is 12.0. The van der Waals surface area contributed by atoms with Gasteiger partial charge in [0.1, 0.15) is 10.0 Å². The summed E-state index contributed by atoms with van der Waals surface area (Å²) in [4.78, 5) is 20.8. The molecule has 0 atom stereocenters. The molecule has 0 unspecified atom stereocenters. The monoisotopic (exact) mass is 346 g/mol. The molecule has 0 aliphatic carbocycles. The molecule has 110 valence electrons. The van der Waals surface area contributed by atoms with E-state index in [1.54, 1.807) is 0 Å². The molecule has 10 heteroatoms. The number of nitrogens with zero attached hydrogens (tertiary/aromatic N) is 2. The van der Waals surface area contributed by atoms with Crippen molar-refractivity contribution in [1.29, 1.82) is 0 Å². The summed E-state index contributed by atoms with van der Waals surface area (Å²) in [5, 5.41) is -0.0311. The van der Waals surface area contributed by atoms with Crippen LogP contribution in [0.4, 0.5) is 0 Å². The molecule has 2 aromatic heterocycles. The summed E-state index contributed by atoms with van der Waals surface area (Å²) in [5.41, 5.74) is 2.31. The lowest BCUT2D eigenvalue weighted by Gasteiger charge is -2.08. The van der Waals surface area contributed by atoms with Crippen LogP contribution in [0.2, 0.25) is 10.2 Å². The van der Waals surface area contributed by atoms with Crippen LogP contribution < -0.4 is 10.3 Å². The van der Waals surface area contributed by atoms with E-state index >= 15 is 0 Å². The average molecular weight is 347 g/mol. The summed E-state index contributed by atoms with van der Waals surface area (Å²) in [6.07, 6.45) is 3.84. The summed E-state index contributed by atoms with van der Waals surface area (Å²) < 4.78 is 23.9. The van der Waals surface area contributed by atoms with Crippen molar-refractivity contribution in [3.05, 3.63) is 52.5 Å². The van der Waals surface area contributed by atoms with Crippen molar-refractivity contribution in [1.82, 2.24) is 20.2 Å². The van der Waals surface area contributed by atoms with E-state index in [2.05, 4.69) is 15.4 Å². The van der Waals surface area contributed by atoms with Crippen molar-refractivity contribution in [2.24, 2.45) is 0 Å². The van der Waals surface area contributed by atoms with Crippen molar-refractivity contribution in [3.63, 3.8) is 0 Å². The molecule has 0 spiro atoms. The summed E-state index contributed by atoms with van der Waals surface area (Å²) in [7, 11) is -4.01. The van der Waals surface area contributed by atoms with Crippen molar-refractivity contribution in [3.8, 4) is 0 Å². The highest BCUT2D eigenvalue weighted by molar-refractivity contribution is 7.89. The Hall–Kier alpha value is -1.74. The third-order valence-electron chi connectivity index (χ3n) is 2.32. The lowest BCUT2D eigenvalue weighted by Crippen LogP contribution is -2.41. The molecule has 1 amide bonds. The number of carbonyl (C=O) groups is 1. The van der Waals surface area contributed by atoms with Gasteiger partial charge in [-0.15, -0.1) is 4.83 Å². The number of rotatable bonds is 4. The Morgan fingerprint density at radius 1 is 1.19 bits per heavy atom. The minimum Gasteiger partial charge on any atom is -0.273 e. The molecule has 0 radical (unpaired) electrons. The van der Waals surface area contributed by atoms with Crippen LogP contribution >= 0.6 is 23.2 Å². The van der Waals surface area contributed by atoms with Crippen LogP contribution in [-0.2, 0) is 10.0 Å². The van der Waals surface area contributed by atoms with Gasteiger partial charge in [0.25, 0.3) is 15.9 Å². The van der Waals surface area contributed by atoms with Crippen molar-refractivity contribution in [2.75, 3.05) is 0 Å². The molecule has 0 fully saturated rings. The number of hydrogen-bond acceptors (Lipinski definition) is 5. The van der Waals surface area contributed by atoms with E-state index in [-0.39, 0.29) is 20.6 Å². The second kappa shape index (κ2) is 6.35. The number of carbonyl (C=O) groups excluding carboxylic acids is 1. The number of sulfonamides is 1. The molecule has 2 rings (SSSR count). The Kier molecular flexibility index (Phi) is 4.73. The molecule has 0 aliphatic rings. The Bertz CT molecular complexity index is 768. The highest BCUT2D eigenvalue weighted by Gasteiger charge is 2.17. The predicted molar refractivity (Wildman–Crippen MR) is 76.3 cm³/mol. The van der Waals surface area contributed by atoms with Gasteiger partial charge in [-0.3, -0.25) is 15.2 Å². The molecule has 0 saturated carbocycles. The molecule has 2 N–H and O–H groups in total. The Morgan fingerprint density at radius 3 is 2.48 bits per heavy atom. The molecule has 0 saturated heterocycles. The average Bonchev–Trinajstić information content (AvgIpc) is 2.48. The fraction of sp³-hybridized carbons (Fsp3) is 0. The van der Waals surface area contributed by atoms with Gasteiger partial charge in [-0.1, -0.05) is 23.2 Å². The molecule has 21 heavy (non-hydrogen) atoms. The van der Waals surface area contributed by atoms with Gasteiger partial charge in [-0.25, -0.2) is 13.4 Å². The van der Waals surface area contributed by atoms with E-state index in [1.165, 1.54) is 24.5 Å². The van der Waals surface area contributed by atoms with Gasteiger partial charge < -0.3 is 0 Å². The lowest BCUT2D eigenvalue weighted by atomic mass is 10.3. The van der Waals surface area contributed by atoms with Crippen molar-refractivity contribution >= 4 is 39.1 Å². The summed E-state index contributed by atoms with van der Waals surface area (Å²) in [6, 6.07) is 3.99. The van der Waals surface area contributed by atoms with Crippen LogP contribution in [0.5, 0.6) is 0 Å². The highest BCUT2D eigenvalue weighted by atomic mass is 35.5. The number of nitrogens with one attached hydrogen (secondary N) is 2. The largest absolute Gasteiger partial charge is 0.273 e. The van der Waals surface area contributed by atoms with Gasteiger partial charge in [0, 0.05) is 24.2 Å². The van der Waals surface area contributed by atoms with E-state index in [4.69, 9.17) is 23.2 Å². The first kappa shape index (κ1) is 15.6. The fourth-order valence-electron chi connectivity index (χ4n) is 1.30. The van der Waals surface area contributed by atoms with Crippen LogP contribution in [-0.4, -0.2) is 24.3 Å². The third kappa shape index (κ3) is 3.88. The van der Waals surface area contributed by atoms with Crippen LogP contribution in [0.15, 0.2) is 41.7 Å². The molecule has 0 bridgehead atoms. The van der Waals surface area contributed by atoms with Gasteiger partial charge in [-0.05, 0) is 18.2 Å². The van der Waals surface area contributed by atoms with Gasteiger partial charge in [0.2, 0.25) is 0 Å². The first-order valence-electron chi connectivity index (χ1n) is 5.43. The fourth-order valence-corrected chi connectivity index (χ4v) is 2.44. The molecule has 2 heterocycles. The topological polar surface area (TPSA) is 101 Å². The van der Waals surface area contributed by atoms with E-state index < -0.39 is 15.9 Å². The van der Waals surface area contributed by atoms with Gasteiger partial charge >= 0.3 is 0 Å². The number of halogens is 2. The van der Waals surface area contributed by atoms with E-state index in [9.17, 15) is 13.2 Å². The summed E-state index contributed by atoms with van der Waals surface area (Å²) >= 11 is 11.3. The number of aromatic nitrogens is 2. The normalized spacial score (nSPS) is 11.1. The number of hydrazine groups is 1. The summed E-state index contributed by atoms with van der Waals surface area (Å²) in [5.74, 6) is -0.631. The predicted octanol–water partition coefficient (Wildman–Crippen LogP) is 1.41. The number of pyridine rings is 2. The van der Waals surface area contributed by atoms with E-state index in [1.807, 2.05) is 4.83 Å². The second-order valence-corrected chi connectivity index (χ2v) is 6.19. The number of hydrogen-bond donors (Lipinski definition) is 2. The molecular formula is C11H8Cl2N4O3S. The lowest BCUT2D eigenvalue weighted by molar-refractivity contribution is 0.0945. The molecule has 2 aromatic rings. The molecule has 7 nitrogen and oxygen atoms in total. The van der Waals surface area contributed by atoms with E-state index in [0.29, 0.717) is 0 Å². The maximum atomic E-state index is 12.0. The standard InChI is InChI=1S/C11H8Cl2N4O3S/c12-9-5-8(6-15-10(9)13)21(19,20)17-16-11(18)7-1-3-14-4-2-7/h1-6,17H,(H,16,18). The van der Waals surface area contributed by atoms with Gasteiger partial charge in [0.15, 0.2) is 0 Å². The zero-order chi connectivity index (χ0) is 15.5. The molecule has 0 aliphatic heterocycles. The van der Waals surface area contributed by atoms with Crippen molar-refractivity contribution < 1.29 is 13.2 Å². The highest BCUT2D eigenvalue weighted by Crippen LogP contribution is 2.21. The Balaban J connectivity index is 2.11. The van der Waals surface area contributed by atoms with Gasteiger partial charge in [0.05, 0.1) is 5.02 Å². The minimum absolute atomic E-state index is 0.0139. The smallest absolute Gasteiger partial charge is 0.266 e. The third-order valence-corrected chi connectivity index (χ3v) is 4.22. The van der Waals surface area contributed by atoms with Crippen LogP contribution in [0, 0.1) is 0 Å². The minimum atomic E-state index is -4.01. The van der Waals surface area contributed by atoms with Gasteiger partial charge in [-0.2, -0.15) is 0 Å².